The fraction of sp³-hybridized carbons (Fsp3) is 1.00. The van der Waals surface area contributed by atoms with Crippen LogP contribution in [0, 0.1) is 0 Å². The van der Waals surface area contributed by atoms with Gasteiger partial charge in [-0.15, -0.1) is 0 Å². The molecule has 0 radical (unpaired) electrons. The summed E-state index contributed by atoms with van der Waals surface area (Å²) in [5.74, 6) is 0. The fourth-order valence-corrected chi connectivity index (χ4v) is 0. The molecular formula is C3H10N2O2S. The van der Waals surface area contributed by atoms with Crippen LogP contribution in [0.1, 0.15) is 13.8 Å². The minimum atomic E-state index is -3.56. The van der Waals surface area contributed by atoms with Crippen LogP contribution in [0.5, 0.6) is 0 Å². The summed E-state index contributed by atoms with van der Waals surface area (Å²) >= 11 is 0. The van der Waals surface area contributed by atoms with Crippen LogP contribution in [-0.4, -0.2) is 13.3 Å². The maximum Gasteiger partial charge on any atom is 0.227 e. The average Bonchev–Trinajstić information content (AvgIpc) is 1.25. The lowest BCUT2D eigenvalue weighted by Crippen LogP contribution is -2.45. The molecule has 0 spiro atoms. The molecule has 5 heteroatoms. The number of nitrogens with two attached hydrogens (primary N) is 2. The van der Waals surface area contributed by atoms with Gasteiger partial charge in [0.1, 0.15) is 4.87 Å². The van der Waals surface area contributed by atoms with Crippen molar-refractivity contribution in [1.82, 2.24) is 0 Å². The first-order valence-electron chi connectivity index (χ1n) is 2.06. The molecule has 0 rings (SSSR count). The van der Waals surface area contributed by atoms with Gasteiger partial charge in [-0.05, 0) is 13.8 Å². The Morgan fingerprint density at radius 1 is 1.38 bits per heavy atom. The van der Waals surface area contributed by atoms with Crippen molar-refractivity contribution in [3.05, 3.63) is 0 Å². The molecule has 0 atom stereocenters. The quantitative estimate of drug-likeness (QED) is 0.485. The molecule has 0 aromatic carbocycles. The first-order valence-corrected chi connectivity index (χ1v) is 3.61. The van der Waals surface area contributed by atoms with E-state index in [9.17, 15) is 8.42 Å². The van der Waals surface area contributed by atoms with E-state index in [0.29, 0.717) is 0 Å². The number of hydrogen-bond donors (Lipinski definition) is 2. The van der Waals surface area contributed by atoms with Gasteiger partial charge in [-0.25, -0.2) is 13.6 Å². The lowest BCUT2D eigenvalue weighted by molar-refractivity contribution is 0.554. The Bertz CT molecular complexity index is 164. The van der Waals surface area contributed by atoms with Crippen molar-refractivity contribution in [3.8, 4) is 0 Å². The Labute approximate surface area is 48.9 Å². The van der Waals surface area contributed by atoms with Gasteiger partial charge in [-0.3, -0.25) is 0 Å². The molecule has 50 valence electrons. The molecule has 0 fully saturated rings. The van der Waals surface area contributed by atoms with Gasteiger partial charge in [-0.1, -0.05) is 0 Å². The Morgan fingerprint density at radius 2 is 1.50 bits per heavy atom. The standard InChI is InChI=1S/C3H10N2O2S/c1-3(2,4)8(5,6)7/h4H2,1-2H3,(H2,5,6,7). The normalized spacial score (nSPS) is 14.0. The highest BCUT2D eigenvalue weighted by molar-refractivity contribution is 7.90. The summed E-state index contributed by atoms with van der Waals surface area (Å²) < 4.78 is 20.6. The summed E-state index contributed by atoms with van der Waals surface area (Å²) in [5.41, 5.74) is 5.10. The van der Waals surface area contributed by atoms with Crippen LogP contribution in [-0.2, 0) is 10.0 Å². The van der Waals surface area contributed by atoms with Gasteiger partial charge in [0, 0.05) is 0 Å². The molecule has 0 aliphatic carbocycles. The topological polar surface area (TPSA) is 86.2 Å². The molecule has 8 heavy (non-hydrogen) atoms. The predicted molar refractivity (Wildman–Crippen MR) is 31.4 cm³/mol. The van der Waals surface area contributed by atoms with Crippen molar-refractivity contribution >= 4 is 10.0 Å². The number of primary sulfonamides is 1. The molecule has 0 bridgehead atoms. The Kier molecular flexibility index (Phi) is 1.65. The predicted octanol–water partition coefficient (Wildman–Crippen LogP) is -1.03. The monoisotopic (exact) mass is 138 g/mol. The highest BCUT2D eigenvalue weighted by Crippen LogP contribution is 2.01. The second-order valence-electron chi connectivity index (χ2n) is 2.15. The first-order chi connectivity index (χ1) is 3.25. The van der Waals surface area contributed by atoms with Crippen LogP contribution >= 0.6 is 0 Å². The van der Waals surface area contributed by atoms with Crippen LogP contribution < -0.4 is 10.9 Å². The van der Waals surface area contributed by atoms with E-state index in [4.69, 9.17) is 5.73 Å². The highest BCUT2D eigenvalue weighted by atomic mass is 32.2. The molecule has 0 aliphatic rings. The molecule has 0 aliphatic heterocycles. The Hall–Kier alpha value is -0.130. The summed E-state index contributed by atoms with van der Waals surface area (Å²) in [6, 6.07) is 0. The molecule has 0 heterocycles. The van der Waals surface area contributed by atoms with Gasteiger partial charge in [-0.2, -0.15) is 0 Å². The zero-order chi connectivity index (χ0) is 7.00. The van der Waals surface area contributed by atoms with Gasteiger partial charge in [0.15, 0.2) is 0 Å². The molecule has 0 aromatic heterocycles. The first kappa shape index (κ1) is 7.87. The lowest BCUT2D eigenvalue weighted by atomic mass is 10.4. The smallest absolute Gasteiger partial charge is 0.227 e. The van der Waals surface area contributed by atoms with Crippen LogP contribution in [0.25, 0.3) is 0 Å². The fourth-order valence-electron chi connectivity index (χ4n) is 0. The van der Waals surface area contributed by atoms with Crippen LogP contribution in [0.2, 0.25) is 0 Å². The van der Waals surface area contributed by atoms with E-state index < -0.39 is 14.9 Å². The van der Waals surface area contributed by atoms with Crippen LogP contribution in [0.3, 0.4) is 0 Å². The van der Waals surface area contributed by atoms with Gasteiger partial charge >= 0.3 is 0 Å². The second-order valence-corrected chi connectivity index (χ2v) is 4.29. The zero-order valence-electron chi connectivity index (χ0n) is 4.88. The summed E-state index contributed by atoms with van der Waals surface area (Å²) in [4.78, 5) is -1.31. The van der Waals surface area contributed by atoms with Crippen LogP contribution in [0.15, 0.2) is 0 Å². The van der Waals surface area contributed by atoms with E-state index in [2.05, 4.69) is 5.14 Å². The maximum absolute atomic E-state index is 10.3. The van der Waals surface area contributed by atoms with Gasteiger partial charge in [0.05, 0.1) is 0 Å². The molecular weight excluding hydrogens is 128 g/mol. The summed E-state index contributed by atoms with van der Waals surface area (Å²) in [5, 5.41) is 4.66. The van der Waals surface area contributed by atoms with Crippen LogP contribution in [0.4, 0.5) is 0 Å². The highest BCUT2D eigenvalue weighted by Gasteiger charge is 2.24. The van der Waals surface area contributed by atoms with E-state index >= 15 is 0 Å². The number of sulfonamides is 1. The third kappa shape index (κ3) is 1.77. The Morgan fingerprint density at radius 3 is 1.50 bits per heavy atom. The third-order valence-corrected chi connectivity index (χ3v) is 2.20. The molecule has 0 amide bonds. The second kappa shape index (κ2) is 1.68. The van der Waals surface area contributed by atoms with Crippen molar-refractivity contribution in [2.24, 2.45) is 10.9 Å². The van der Waals surface area contributed by atoms with E-state index in [0.717, 1.165) is 0 Å². The number of rotatable bonds is 1. The maximum atomic E-state index is 10.3. The van der Waals surface area contributed by atoms with Crippen molar-refractivity contribution < 1.29 is 8.42 Å². The summed E-state index contributed by atoms with van der Waals surface area (Å²) in [6.45, 7) is 2.67. The SMILES string of the molecule is CC(C)(N)S(N)(=O)=O. The van der Waals surface area contributed by atoms with E-state index in [1.165, 1.54) is 13.8 Å². The minimum absolute atomic E-state index is 1.31. The average molecular weight is 138 g/mol. The van der Waals surface area contributed by atoms with Crippen molar-refractivity contribution in [2.45, 2.75) is 18.7 Å². The van der Waals surface area contributed by atoms with Gasteiger partial charge < -0.3 is 5.73 Å². The molecule has 0 aromatic rings. The zero-order valence-corrected chi connectivity index (χ0v) is 5.70. The largest absolute Gasteiger partial charge is 0.312 e. The molecule has 4 N–H and O–H groups in total. The summed E-state index contributed by atoms with van der Waals surface area (Å²) in [7, 11) is -3.56. The van der Waals surface area contributed by atoms with Crippen molar-refractivity contribution in [2.75, 3.05) is 0 Å². The minimum Gasteiger partial charge on any atom is -0.312 e. The van der Waals surface area contributed by atoms with E-state index in [1.807, 2.05) is 0 Å². The van der Waals surface area contributed by atoms with Crippen molar-refractivity contribution in [1.29, 1.82) is 0 Å². The van der Waals surface area contributed by atoms with E-state index in [1.54, 1.807) is 0 Å². The van der Waals surface area contributed by atoms with Gasteiger partial charge in [0.25, 0.3) is 0 Å². The Balaban J connectivity index is 4.53. The molecule has 4 nitrogen and oxygen atoms in total. The lowest BCUT2D eigenvalue weighted by Gasteiger charge is -2.13. The summed E-state index contributed by atoms with van der Waals surface area (Å²) in [6.07, 6.45) is 0. The van der Waals surface area contributed by atoms with Gasteiger partial charge in [0.2, 0.25) is 10.0 Å². The number of hydrogen-bond acceptors (Lipinski definition) is 3. The van der Waals surface area contributed by atoms with E-state index in [-0.39, 0.29) is 0 Å². The van der Waals surface area contributed by atoms with Crippen molar-refractivity contribution in [3.63, 3.8) is 0 Å². The molecule has 0 saturated heterocycles. The third-order valence-electron chi connectivity index (χ3n) is 0.733. The molecule has 0 unspecified atom stereocenters. The molecule has 0 saturated carbocycles.